The van der Waals surface area contributed by atoms with E-state index in [4.69, 9.17) is 9.84 Å². The first-order valence-corrected chi connectivity index (χ1v) is 6.48. The first kappa shape index (κ1) is 16.2. The standard InChI is InChI=1S/C12H21N3O5/c1-8(11(18)13-3-4-20-2)14-12(19)15-6-9(7-15)5-10(16)17/h8-9H,3-7H2,1-2H3,(H,13,18)(H,14,19)(H,16,17). The number of amides is 3. The number of ether oxygens (including phenoxy) is 1. The van der Waals surface area contributed by atoms with Gasteiger partial charge in [0, 0.05) is 32.7 Å². The van der Waals surface area contributed by atoms with E-state index in [1.807, 2.05) is 0 Å². The van der Waals surface area contributed by atoms with Gasteiger partial charge in [-0.25, -0.2) is 4.79 Å². The molecule has 0 aromatic rings. The lowest BCUT2D eigenvalue weighted by Gasteiger charge is -2.38. The van der Waals surface area contributed by atoms with Gasteiger partial charge >= 0.3 is 12.0 Å². The minimum absolute atomic E-state index is 0.00378. The van der Waals surface area contributed by atoms with Crippen LogP contribution in [0, 0.1) is 5.92 Å². The summed E-state index contributed by atoms with van der Waals surface area (Å²) in [6.45, 7) is 3.22. The molecule has 8 nitrogen and oxygen atoms in total. The van der Waals surface area contributed by atoms with Gasteiger partial charge in [0.25, 0.3) is 0 Å². The quantitative estimate of drug-likeness (QED) is 0.534. The summed E-state index contributed by atoms with van der Waals surface area (Å²) in [5.74, 6) is -1.14. The number of carbonyl (C=O) groups is 3. The maximum atomic E-state index is 11.8. The summed E-state index contributed by atoms with van der Waals surface area (Å²) in [6, 6.07) is -0.987. The number of hydrogen-bond acceptors (Lipinski definition) is 4. The molecule has 0 bridgehead atoms. The summed E-state index contributed by atoms with van der Waals surface area (Å²) in [5.41, 5.74) is 0. The second-order valence-electron chi connectivity index (χ2n) is 4.82. The number of rotatable bonds is 7. The van der Waals surface area contributed by atoms with Gasteiger partial charge in [0.15, 0.2) is 0 Å². The molecule has 0 saturated carbocycles. The number of hydrogen-bond donors (Lipinski definition) is 3. The average molecular weight is 287 g/mol. The van der Waals surface area contributed by atoms with Crippen LogP contribution in [0.2, 0.25) is 0 Å². The third kappa shape index (κ3) is 5.04. The minimum atomic E-state index is -0.860. The van der Waals surface area contributed by atoms with E-state index >= 15 is 0 Å². The molecule has 0 aromatic carbocycles. The van der Waals surface area contributed by atoms with Crippen molar-refractivity contribution in [3.63, 3.8) is 0 Å². The van der Waals surface area contributed by atoms with Crippen LogP contribution in [-0.2, 0) is 14.3 Å². The number of aliphatic carboxylic acids is 1. The van der Waals surface area contributed by atoms with Crippen LogP contribution in [-0.4, -0.2) is 67.3 Å². The zero-order chi connectivity index (χ0) is 15.1. The number of likely N-dealkylation sites (tertiary alicyclic amines) is 1. The zero-order valence-electron chi connectivity index (χ0n) is 11.7. The summed E-state index contributed by atoms with van der Waals surface area (Å²) in [6.07, 6.45) is 0.0663. The van der Waals surface area contributed by atoms with E-state index in [-0.39, 0.29) is 24.3 Å². The van der Waals surface area contributed by atoms with Gasteiger partial charge in [-0.2, -0.15) is 0 Å². The fourth-order valence-electron chi connectivity index (χ4n) is 1.88. The molecule has 0 aliphatic carbocycles. The van der Waals surface area contributed by atoms with E-state index in [1.54, 1.807) is 6.92 Å². The molecule has 1 aliphatic heterocycles. The van der Waals surface area contributed by atoms with Crippen LogP contribution in [0.5, 0.6) is 0 Å². The molecule has 20 heavy (non-hydrogen) atoms. The SMILES string of the molecule is COCCNC(=O)C(C)NC(=O)N1CC(CC(=O)O)C1. The highest BCUT2D eigenvalue weighted by Crippen LogP contribution is 2.18. The second-order valence-corrected chi connectivity index (χ2v) is 4.82. The van der Waals surface area contributed by atoms with Crippen molar-refractivity contribution in [1.82, 2.24) is 15.5 Å². The Morgan fingerprint density at radius 1 is 1.40 bits per heavy atom. The summed E-state index contributed by atoms with van der Waals surface area (Å²) in [7, 11) is 1.54. The van der Waals surface area contributed by atoms with Gasteiger partial charge < -0.3 is 25.4 Å². The average Bonchev–Trinajstić information content (AvgIpc) is 2.32. The first-order valence-electron chi connectivity index (χ1n) is 6.48. The van der Waals surface area contributed by atoms with Gasteiger partial charge in [0.1, 0.15) is 6.04 Å². The Labute approximate surface area is 117 Å². The van der Waals surface area contributed by atoms with Gasteiger partial charge in [0.2, 0.25) is 5.91 Å². The van der Waals surface area contributed by atoms with Crippen molar-refractivity contribution < 1.29 is 24.2 Å². The predicted octanol–water partition coefficient (Wildman–Crippen LogP) is -0.746. The molecule has 3 N–H and O–H groups in total. The fraction of sp³-hybridized carbons (Fsp3) is 0.750. The zero-order valence-corrected chi connectivity index (χ0v) is 11.7. The van der Waals surface area contributed by atoms with Crippen molar-refractivity contribution in [2.75, 3.05) is 33.4 Å². The molecule has 8 heteroatoms. The molecule has 1 aliphatic rings. The number of carboxylic acids is 1. The number of nitrogens with one attached hydrogen (secondary N) is 2. The fourth-order valence-corrected chi connectivity index (χ4v) is 1.88. The Bertz CT molecular complexity index is 368. The summed E-state index contributed by atoms with van der Waals surface area (Å²) >= 11 is 0. The molecule has 1 unspecified atom stereocenters. The van der Waals surface area contributed by atoms with E-state index in [1.165, 1.54) is 12.0 Å². The first-order chi connectivity index (χ1) is 9.43. The monoisotopic (exact) mass is 287 g/mol. The largest absolute Gasteiger partial charge is 0.481 e. The summed E-state index contributed by atoms with van der Waals surface area (Å²) < 4.78 is 4.80. The molecular formula is C12H21N3O5. The maximum absolute atomic E-state index is 11.8. The molecule has 0 radical (unpaired) electrons. The van der Waals surface area contributed by atoms with E-state index in [0.29, 0.717) is 26.2 Å². The van der Waals surface area contributed by atoms with Crippen LogP contribution >= 0.6 is 0 Å². The molecule has 1 atom stereocenters. The molecule has 1 saturated heterocycles. The molecule has 3 amide bonds. The number of urea groups is 1. The van der Waals surface area contributed by atoms with Crippen molar-refractivity contribution in [3.05, 3.63) is 0 Å². The van der Waals surface area contributed by atoms with Crippen LogP contribution in [0.25, 0.3) is 0 Å². The smallest absolute Gasteiger partial charge is 0.318 e. The topological polar surface area (TPSA) is 108 Å². The van der Waals surface area contributed by atoms with E-state index in [2.05, 4.69) is 10.6 Å². The predicted molar refractivity (Wildman–Crippen MR) is 70.2 cm³/mol. The van der Waals surface area contributed by atoms with Crippen molar-refractivity contribution in [3.8, 4) is 0 Å². The van der Waals surface area contributed by atoms with Gasteiger partial charge in [-0.3, -0.25) is 9.59 Å². The van der Waals surface area contributed by atoms with E-state index in [9.17, 15) is 14.4 Å². The van der Waals surface area contributed by atoms with Crippen LogP contribution in [0.4, 0.5) is 4.79 Å². The molecule has 0 aromatic heterocycles. The summed E-state index contributed by atoms with van der Waals surface area (Å²) in [5, 5.41) is 13.8. The van der Waals surface area contributed by atoms with Crippen molar-refractivity contribution in [1.29, 1.82) is 0 Å². The Kier molecular flexibility index (Phi) is 6.23. The van der Waals surface area contributed by atoms with Crippen molar-refractivity contribution in [2.24, 2.45) is 5.92 Å². The lowest BCUT2D eigenvalue weighted by Crippen LogP contribution is -2.57. The van der Waals surface area contributed by atoms with Crippen molar-refractivity contribution in [2.45, 2.75) is 19.4 Å². The van der Waals surface area contributed by atoms with Gasteiger partial charge in [-0.05, 0) is 6.92 Å². The minimum Gasteiger partial charge on any atom is -0.481 e. The molecular weight excluding hydrogens is 266 g/mol. The number of methoxy groups -OCH3 is 1. The Morgan fingerprint density at radius 3 is 2.60 bits per heavy atom. The van der Waals surface area contributed by atoms with Crippen LogP contribution < -0.4 is 10.6 Å². The number of nitrogens with zero attached hydrogens (tertiary/aromatic N) is 1. The van der Waals surface area contributed by atoms with E-state index < -0.39 is 12.0 Å². The lowest BCUT2D eigenvalue weighted by atomic mass is 9.97. The molecule has 1 heterocycles. The molecule has 1 fully saturated rings. The van der Waals surface area contributed by atoms with Gasteiger partial charge in [0.05, 0.1) is 13.0 Å². The van der Waals surface area contributed by atoms with Crippen molar-refractivity contribution >= 4 is 17.9 Å². The third-order valence-electron chi connectivity index (χ3n) is 3.05. The Hall–Kier alpha value is -1.83. The maximum Gasteiger partial charge on any atom is 0.318 e. The normalized spacial score (nSPS) is 16.2. The lowest BCUT2D eigenvalue weighted by molar-refractivity contribution is -0.139. The molecule has 0 spiro atoms. The van der Waals surface area contributed by atoms with Gasteiger partial charge in [-0.1, -0.05) is 0 Å². The van der Waals surface area contributed by atoms with Crippen LogP contribution in [0.1, 0.15) is 13.3 Å². The van der Waals surface area contributed by atoms with Gasteiger partial charge in [-0.15, -0.1) is 0 Å². The highest BCUT2D eigenvalue weighted by Gasteiger charge is 2.33. The van der Waals surface area contributed by atoms with E-state index in [0.717, 1.165) is 0 Å². The molecule has 114 valence electrons. The Morgan fingerprint density at radius 2 is 2.05 bits per heavy atom. The number of carbonyl (C=O) groups excluding carboxylic acids is 2. The third-order valence-corrected chi connectivity index (χ3v) is 3.05. The Balaban J connectivity index is 2.22. The van der Waals surface area contributed by atoms with Crippen LogP contribution in [0.3, 0.4) is 0 Å². The second kappa shape index (κ2) is 7.68. The van der Waals surface area contributed by atoms with Crippen LogP contribution in [0.15, 0.2) is 0 Å². The highest BCUT2D eigenvalue weighted by molar-refractivity contribution is 5.86. The molecule has 1 rings (SSSR count). The highest BCUT2D eigenvalue weighted by atomic mass is 16.5. The number of carboxylic acid groups (broad SMARTS) is 1. The summed E-state index contributed by atoms with van der Waals surface area (Å²) in [4.78, 5) is 35.4.